The minimum Gasteiger partial charge on any atom is -0.395 e. The van der Waals surface area contributed by atoms with Crippen molar-refractivity contribution in [2.24, 2.45) is 0 Å². The van der Waals surface area contributed by atoms with Gasteiger partial charge in [-0.1, -0.05) is 35.6 Å². The Labute approximate surface area is 169 Å². The van der Waals surface area contributed by atoms with E-state index in [2.05, 4.69) is 17.2 Å². The van der Waals surface area contributed by atoms with Crippen LogP contribution in [0.25, 0.3) is 16.8 Å². The van der Waals surface area contributed by atoms with Crippen LogP contribution >= 0.6 is 0 Å². The van der Waals surface area contributed by atoms with Crippen molar-refractivity contribution in [3.63, 3.8) is 0 Å². The van der Waals surface area contributed by atoms with Gasteiger partial charge in [0.2, 0.25) is 5.91 Å². The summed E-state index contributed by atoms with van der Waals surface area (Å²) < 4.78 is 3.26. The molecule has 150 valence electrons. The van der Waals surface area contributed by atoms with Gasteiger partial charge in [0.25, 0.3) is 5.56 Å². The highest BCUT2D eigenvalue weighted by Gasteiger charge is 2.15. The van der Waals surface area contributed by atoms with Gasteiger partial charge in [-0.2, -0.15) is 0 Å². The smallest absolute Gasteiger partial charge is 0.275 e. The molecule has 6 heteroatoms. The summed E-state index contributed by atoms with van der Waals surface area (Å²) in [6.07, 6.45) is 4.02. The number of aromatic nitrogens is 2. The minimum absolute atomic E-state index is 0.00432. The average molecular weight is 391 g/mol. The van der Waals surface area contributed by atoms with E-state index in [1.165, 1.54) is 4.57 Å². The Morgan fingerprint density at radius 2 is 2.03 bits per heavy atom. The van der Waals surface area contributed by atoms with Gasteiger partial charge in [0.1, 0.15) is 12.1 Å². The van der Waals surface area contributed by atoms with Gasteiger partial charge in [0, 0.05) is 36.0 Å². The summed E-state index contributed by atoms with van der Waals surface area (Å²) in [7, 11) is 0. The molecule has 0 fully saturated rings. The Morgan fingerprint density at radius 1 is 1.24 bits per heavy atom. The molecule has 0 aliphatic heterocycles. The van der Waals surface area contributed by atoms with E-state index in [4.69, 9.17) is 5.11 Å². The average Bonchev–Trinajstić information content (AvgIpc) is 3.07. The number of hydrogen-bond donors (Lipinski definition) is 2. The molecule has 2 aromatic heterocycles. The van der Waals surface area contributed by atoms with E-state index in [1.54, 1.807) is 16.7 Å². The molecule has 1 amide bonds. The summed E-state index contributed by atoms with van der Waals surface area (Å²) in [6.45, 7) is 5.69. The van der Waals surface area contributed by atoms with E-state index in [0.29, 0.717) is 23.2 Å². The third-order valence-electron chi connectivity index (χ3n) is 4.40. The van der Waals surface area contributed by atoms with Crippen LogP contribution < -0.4 is 10.9 Å². The van der Waals surface area contributed by atoms with Crippen molar-refractivity contribution in [2.75, 3.05) is 6.61 Å². The number of rotatable bonds is 5. The quantitative estimate of drug-likeness (QED) is 0.656. The Hall–Kier alpha value is -3.30. The van der Waals surface area contributed by atoms with Crippen LogP contribution in [0, 0.1) is 18.8 Å². The zero-order chi connectivity index (χ0) is 21.0. The Balaban J connectivity index is 2.17. The fraction of sp³-hybridized carbons (Fsp3) is 0.304. The first-order chi connectivity index (χ1) is 13.9. The Kier molecular flexibility index (Phi) is 6.20. The topological polar surface area (TPSA) is 75.7 Å². The summed E-state index contributed by atoms with van der Waals surface area (Å²) in [5.74, 6) is 5.61. The van der Waals surface area contributed by atoms with Crippen LogP contribution in [0.2, 0.25) is 0 Å². The molecule has 0 radical (unpaired) electrons. The second-order valence-electron chi connectivity index (χ2n) is 7.29. The molecule has 2 N–H and O–H groups in total. The van der Waals surface area contributed by atoms with Crippen molar-refractivity contribution in [1.82, 2.24) is 14.3 Å². The summed E-state index contributed by atoms with van der Waals surface area (Å²) in [4.78, 5) is 25.7. The van der Waals surface area contributed by atoms with Crippen LogP contribution in [0.3, 0.4) is 0 Å². The number of aliphatic hydroxyl groups excluding tert-OH is 1. The molecule has 6 nitrogen and oxygen atoms in total. The first kappa shape index (κ1) is 20.4. The zero-order valence-corrected chi connectivity index (χ0v) is 16.9. The van der Waals surface area contributed by atoms with Crippen LogP contribution in [0.1, 0.15) is 31.4 Å². The lowest BCUT2D eigenvalue weighted by atomic mass is 10.1. The van der Waals surface area contributed by atoms with Gasteiger partial charge in [0.15, 0.2) is 0 Å². The fourth-order valence-corrected chi connectivity index (χ4v) is 3.20. The molecule has 2 heterocycles. The highest BCUT2D eigenvalue weighted by atomic mass is 16.2. The third kappa shape index (κ3) is 4.76. The summed E-state index contributed by atoms with van der Waals surface area (Å²) in [6, 6.07) is 9.54. The number of fused-ring (bicyclic) bond motifs is 1. The molecule has 0 aliphatic carbocycles. The lowest BCUT2D eigenvalue weighted by Crippen LogP contribution is -2.36. The monoisotopic (exact) mass is 391 g/mol. The molecule has 3 aromatic rings. The van der Waals surface area contributed by atoms with Crippen LogP contribution in [0.5, 0.6) is 0 Å². The van der Waals surface area contributed by atoms with Crippen LogP contribution in [-0.4, -0.2) is 32.6 Å². The first-order valence-corrected chi connectivity index (χ1v) is 9.60. The van der Waals surface area contributed by atoms with Crippen molar-refractivity contribution >= 4 is 11.4 Å². The van der Waals surface area contributed by atoms with Crippen LogP contribution in [-0.2, 0) is 11.3 Å². The van der Waals surface area contributed by atoms with Gasteiger partial charge in [-0.05, 0) is 32.9 Å². The van der Waals surface area contributed by atoms with Crippen LogP contribution in [0.4, 0.5) is 0 Å². The SMILES string of the molecule is Cc1cccc(-c2cn3cc(C#CCCO)cc3c(=O)n2CC(=O)NC(C)C)c1. The number of nitrogens with one attached hydrogen (secondary N) is 1. The van der Waals surface area contributed by atoms with E-state index in [-0.39, 0.29) is 30.7 Å². The number of amides is 1. The second-order valence-corrected chi connectivity index (χ2v) is 7.29. The van der Waals surface area contributed by atoms with Gasteiger partial charge in [0.05, 0.1) is 12.3 Å². The van der Waals surface area contributed by atoms with E-state index in [9.17, 15) is 9.59 Å². The predicted molar refractivity (Wildman–Crippen MR) is 114 cm³/mol. The molecule has 0 bridgehead atoms. The lowest BCUT2D eigenvalue weighted by molar-refractivity contribution is -0.122. The number of aryl methyl sites for hydroxylation is 1. The predicted octanol–water partition coefficient (Wildman–Crippen LogP) is 2.33. The molecule has 29 heavy (non-hydrogen) atoms. The van der Waals surface area contributed by atoms with Gasteiger partial charge >= 0.3 is 0 Å². The zero-order valence-electron chi connectivity index (χ0n) is 16.9. The number of aliphatic hydroxyl groups is 1. The van der Waals surface area contributed by atoms with Gasteiger partial charge in [-0.3, -0.25) is 14.2 Å². The maximum absolute atomic E-state index is 13.2. The number of carbonyl (C=O) groups is 1. The molecule has 0 saturated carbocycles. The molecule has 0 aliphatic rings. The van der Waals surface area contributed by atoms with Crippen LogP contribution in [0.15, 0.2) is 47.5 Å². The minimum atomic E-state index is -0.252. The van der Waals surface area contributed by atoms with Crippen molar-refractivity contribution in [2.45, 2.75) is 39.8 Å². The molecule has 0 atom stereocenters. The highest BCUT2D eigenvalue weighted by molar-refractivity contribution is 5.77. The second kappa shape index (κ2) is 8.80. The summed E-state index contributed by atoms with van der Waals surface area (Å²) in [5, 5.41) is 11.7. The van der Waals surface area contributed by atoms with Gasteiger partial charge < -0.3 is 14.8 Å². The molecule has 0 unspecified atom stereocenters. The standard InChI is InChI=1S/C23H25N3O3/c1-16(2)24-22(28)15-26-21(19-9-6-7-17(3)11-19)14-25-13-18(8-4-5-10-27)12-20(25)23(26)29/h6-7,9,11-14,16,27H,5,10,15H2,1-3H3,(H,24,28). The number of carbonyl (C=O) groups excluding carboxylic acids is 1. The van der Waals surface area contributed by atoms with E-state index < -0.39 is 0 Å². The first-order valence-electron chi connectivity index (χ1n) is 9.60. The Morgan fingerprint density at radius 3 is 2.72 bits per heavy atom. The fourth-order valence-electron chi connectivity index (χ4n) is 3.20. The maximum atomic E-state index is 13.2. The van der Waals surface area contributed by atoms with E-state index in [0.717, 1.165) is 11.1 Å². The highest BCUT2D eigenvalue weighted by Crippen LogP contribution is 2.21. The van der Waals surface area contributed by atoms with Crippen molar-refractivity contribution in [3.05, 3.63) is 64.2 Å². The maximum Gasteiger partial charge on any atom is 0.275 e. The van der Waals surface area contributed by atoms with Crippen molar-refractivity contribution in [3.8, 4) is 23.1 Å². The number of hydrogen-bond acceptors (Lipinski definition) is 3. The summed E-state index contributed by atoms with van der Waals surface area (Å²) in [5.41, 5.74) is 3.48. The largest absolute Gasteiger partial charge is 0.395 e. The normalized spacial score (nSPS) is 10.8. The summed E-state index contributed by atoms with van der Waals surface area (Å²) >= 11 is 0. The number of benzene rings is 1. The van der Waals surface area contributed by atoms with Crippen molar-refractivity contribution in [1.29, 1.82) is 0 Å². The molecule has 1 aromatic carbocycles. The van der Waals surface area contributed by atoms with Gasteiger partial charge in [-0.25, -0.2) is 0 Å². The molecular weight excluding hydrogens is 366 g/mol. The van der Waals surface area contributed by atoms with E-state index >= 15 is 0 Å². The molecule has 3 rings (SSSR count). The lowest BCUT2D eigenvalue weighted by Gasteiger charge is -2.15. The molecule has 0 spiro atoms. The van der Waals surface area contributed by atoms with E-state index in [1.807, 2.05) is 51.2 Å². The Bertz CT molecular complexity index is 1160. The van der Waals surface area contributed by atoms with Crippen molar-refractivity contribution < 1.29 is 9.90 Å². The van der Waals surface area contributed by atoms with Gasteiger partial charge in [-0.15, -0.1) is 0 Å². The third-order valence-corrected chi connectivity index (χ3v) is 4.40. The molecule has 0 saturated heterocycles. The number of nitrogens with zero attached hydrogens (tertiary/aromatic N) is 2. The molecular formula is C23H25N3O3.